The lowest BCUT2D eigenvalue weighted by molar-refractivity contribution is 0.590. The van der Waals surface area contributed by atoms with E-state index in [1.807, 2.05) is 0 Å². The molecular formula is C25H28OS. The molecule has 2 heteroatoms. The van der Waals surface area contributed by atoms with Gasteiger partial charge in [0.05, 0.1) is 0 Å². The zero-order chi connectivity index (χ0) is 19.8. The van der Waals surface area contributed by atoms with Crippen LogP contribution in [0.25, 0.3) is 20.9 Å². The van der Waals surface area contributed by atoms with E-state index in [0.29, 0.717) is 0 Å². The predicted molar refractivity (Wildman–Crippen MR) is 119 cm³/mol. The fourth-order valence-electron chi connectivity index (χ4n) is 3.03. The third-order valence-electron chi connectivity index (χ3n) is 4.84. The largest absolute Gasteiger partial charge is 0.290 e. The van der Waals surface area contributed by atoms with Crippen molar-refractivity contribution in [2.45, 2.75) is 52.4 Å². The molecule has 3 aromatic rings. The van der Waals surface area contributed by atoms with Crippen molar-refractivity contribution in [3.05, 3.63) is 82.0 Å². The summed E-state index contributed by atoms with van der Waals surface area (Å²) in [6.07, 6.45) is 0. The number of benzene rings is 2. The van der Waals surface area contributed by atoms with E-state index < -0.39 is 0 Å². The van der Waals surface area contributed by atoms with Crippen molar-refractivity contribution in [1.82, 2.24) is 0 Å². The molecule has 0 bridgehead atoms. The van der Waals surface area contributed by atoms with Crippen LogP contribution in [0.1, 0.15) is 52.7 Å². The molecule has 140 valence electrons. The van der Waals surface area contributed by atoms with Gasteiger partial charge < -0.3 is 0 Å². The van der Waals surface area contributed by atoms with Crippen molar-refractivity contribution < 1.29 is 0 Å². The minimum Gasteiger partial charge on any atom is -0.290 e. The highest BCUT2D eigenvalue weighted by Gasteiger charge is 2.15. The number of rotatable bonds is 2. The van der Waals surface area contributed by atoms with E-state index in [4.69, 9.17) is 0 Å². The molecule has 0 amide bonds. The van der Waals surface area contributed by atoms with Crippen LogP contribution in [0.3, 0.4) is 0 Å². The van der Waals surface area contributed by atoms with Crippen LogP contribution < -0.4 is 5.43 Å². The van der Waals surface area contributed by atoms with Crippen molar-refractivity contribution in [3.8, 4) is 20.9 Å². The van der Waals surface area contributed by atoms with Crippen LogP contribution in [0.4, 0.5) is 0 Å². The second kappa shape index (κ2) is 7.09. The zero-order valence-electron chi connectivity index (χ0n) is 17.1. The Bertz CT molecular complexity index is 900. The smallest absolute Gasteiger partial charge is 0.181 e. The third-order valence-corrected chi connectivity index (χ3v) is 5.98. The predicted octanol–water partition coefficient (Wildman–Crippen LogP) is 7.04. The van der Waals surface area contributed by atoms with Gasteiger partial charge in [0.1, 0.15) is 0 Å². The molecule has 0 aliphatic carbocycles. The van der Waals surface area contributed by atoms with Crippen LogP contribution in [-0.2, 0) is 10.8 Å². The molecule has 3 rings (SSSR count). The van der Waals surface area contributed by atoms with Crippen LogP contribution in [-0.4, -0.2) is 0 Å². The summed E-state index contributed by atoms with van der Waals surface area (Å²) in [5.74, 6) is 0. The van der Waals surface area contributed by atoms with Gasteiger partial charge in [0.15, 0.2) is 5.43 Å². The summed E-state index contributed by atoms with van der Waals surface area (Å²) in [6, 6.07) is 20.6. The molecule has 0 atom stereocenters. The van der Waals surface area contributed by atoms with Crippen LogP contribution in [0.2, 0.25) is 0 Å². The molecule has 0 aliphatic rings. The van der Waals surface area contributed by atoms with Crippen LogP contribution in [0.15, 0.2) is 65.5 Å². The fourth-order valence-corrected chi connectivity index (χ4v) is 4.13. The summed E-state index contributed by atoms with van der Waals surface area (Å²) in [4.78, 5) is 14.3. The first-order valence-corrected chi connectivity index (χ1v) is 10.2. The Morgan fingerprint density at radius 2 is 0.926 bits per heavy atom. The summed E-state index contributed by atoms with van der Waals surface area (Å²) in [5, 5.41) is 0. The molecule has 0 fully saturated rings. The normalized spacial score (nSPS) is 12.2. The Hall–Kier alpha value is -2.19. The molecular weight excluding hydrogens is 348 g/mol. The van der Waals surface area contributed by atoms with E-state index in [-0.39, 0.29) is 16.3 Å². The maximum absolute atomic E-state index is 12.3. The first-order valence-electron chi connectivity index (χ1n) is 9.41. The van der Waals surface area contributed by atoms with Crippen molar-refractivity contribution in [1.29, 1.82) is 0 Å². The lowest BCUT2D eigenvalue weighted by atomic mass is 9.86. The Morgan fingerprint density at radius 3 is 1.22 bits per heavy atom. The van der Waals surface area contributed by atoms with Gasteiger partial charge in [0, 0.05) is 21.9 Å². The minimum atomic E-state index is 0.0542. The second-order valence-corrected chi connectivity index (χ2v) is 10.3. The van der Waals surface area contributed by atoms with Crippen molar-refractivity contribution in [2.75, 3.05) is 0 Å². The summed E-state index contributed by atoms with van der Waals surface area (Å²) in [5.41, 5.74) is 5.10. The first-order chi connectivity index (χ1) is 12.5. The van der Waals surface area contributed by atoms with Gasteiger partial charge in [-0.15, -0.1) is 11.3 Å². The van der Waals surface area contributed by atoms with E-state index in [9.17, 15) is 4.79 Å². The van der Waals surface area contributed by atoms with Gasteiger partial charge in [0.25, 0.3) is 0 Å². The molecule has 0 unspecified atom stereocenters. The standard InChI is InChI=1S/C25H28OS/c1-24(2,3)19-11-7-17(8-12-19)22-15-21(26)16-23(27-22)18-9-13-20(14-10-18)25(4,5)6/h7-16H,1-6H3. The van der Waals surface area contributed by atoms with E-state index in [1.165, 1.54) is 11.1 Å². The highest BCUT2D eigenvalue weighted by molar-refractivity contribution is 7.18. The lowest BCUT2D eigenvalue weighted by Gasteiger charge is -2.19. The van der Waals surface area contributed by atoms with Crippen molar-refractivity contribution in [2.24, 2.45) is 0 Å². The van der Waals surface area contributed by atoms with Crippen LogP contribution in [0, 0.1) is 0 Å². The molecule has 0 spiro atoms. The molecule has 1 aromatic heterocycles. The first kappa shape index (κ1) is 19.6. The van der Waals surface area contributed by atoms with E-state index in [2.05, 4.69) is 90.1 Å². The van der Waals surface area contributed by atoms with Gasteiger partial charge in [-0.2, -0.15) is 0 Å². The average Bonchev–Trinajstić information content (AvgIpc) is 2.60. The van der Waals surface area contributed by atoms with Crippen LogP contribution in [0.5, 0.6) is 0 Å². The lowest BCUT2D eigenvalue weighted by Crippen LogP contribution is -2.10. The van der Waals surface area contributed by atoms with Crippen molar-refractivity contribution in [3.63, 3.8) is 0 Å². The van der Waals surface area contributed by atoms with Crippen molar-refractivity contribution >= 4 is 11.3 Å². The molecule has 0 saturated heterocycles. The molecule has 0 radical (unpaired) electrons. The molecule has 27 heavy (non-hydrogen) atoms. The average molecular weight is 377 g/mol. The Labute approximate surface area is 166 Å². The summed E-state index contributed by atoms with van der Waals surface area (Å²) in [7, 11) is 0. The van der Waals surface area contributed by atoms with Gasteiger partial charge in [-0.3, -0.25) is 4.79 Å². The molecule has 0 saturated carbocycles. The topological polar surface area (TPSA) is 17.1 Å². The Balaban J connectivity index is 1.99. The monoisotopic (exact) mass is 376 g/mol. The van der Waals surface area contributed by atoms with E-state index in [0.717, 1.165) is 20.9 Å². The van der Waals surface area contributed by atoms with Gasteiger partial charge in [0.2, 0.25) is 0 Å². The van der Waals surface area contributed by atoms with E-state index in [1.54, 1.807) is 23.5 Å². The van der Waals surface area contributed by atoms with Gasteiger partial charge in [-0.05, 0) is 33.1 Å². The summed E-state index contributed by atoms with van der Waals surface area (Å²) >= 11 is 1.67. The molecule has 0 N–H and O–H groups in total. The number of hydrogen-bond acceptors (Lipinski definition) is 2. The third kappa shape index (κ3) is 4.56. The summed E-state index contributed by atoms with van der Waals surface area (Å²) < 4.78 is 0. The fraction of sp³-hybridized carbons (Fsp3) is 0.320. The maximum Gasteiger partial charge on any atom is 0.181 e. The molecule has 1 heterocycles. The van der Waals surface area contributed by atoms with Gasteiger partial charge in [-0.1, -0.05) is 90.1 Å². The second-order valence-electron chi connectivity index (χ2n) is 9.18. The maximum atomic E-state index is 12.3. The number of hydrogen-bond donors (Lipinski definition) is 0. The molecule has 0 aliphatic heterocycles. The Morgan fingerprint density at radius 1 is 0.593 bits per heavy atom. The van der Waals surface area contributed by atoms with Gasteiger partial charge in [-0.25, -0.2) is 0 Å². The van der Waals surface area contributed by atoms with E-state index >= 15 is 0 Å². The quantitative estimate of drug-likeness (QED) is 0.469. The van der Waals surface area contributed by atoms with Crippen LogP contribution >= 0.6 is 11.3 Å². The Kier molecular flexibility index (Phi) is 5.14. The molecule has 1 nitrogen and oxygen atoms in total. The zero-order valence-corrected chi connectivity index (χ0v) is 17.9. The van der Waals surface area contributed by atoms with Gasteiger partial charge >= 0.3 is 0 Å². The summed E-state index contributed by atoms with van der Waals surface area (Å²) in [6.45, 7) is 13.3. The SMILES string of the molecule is CC(C)(C)c1ccc(-c2cc(=O)cc(-c3ccc(C(C)(C)C)cc3)s2)cc1. The molecule has 2 aromatic carbocycles. The minimum absolute atomic E-state index is 0.0542. The highest BCUT2D eigenvalue weighted by Crippen LogP contribution is 2.33. The highest BCUT2D eigenvalue weighted by atomic mass is 32.1.